The van der Waals surface area contributed by atoms with Crippen molar-refractivity contribution in [3.05, 3.63) is 11.1 Å². The van der Waals surface area contributed by atoms with Crippen LogP contribution in [0.2, 0.25) is 0 Å². The minimum absolute atomic E-state index is 0.000579. The Hall–Kier alpha value is -0.340. The molecule has 1 fully saturated rings. The van der Waals surface area contributed by atoms with Gasteiger partial charge in [-0.2, -0.15) is 0 Å². The van der Waals surface area contributed by atoms with Crippen molar-refractivity contribution in [2.75, 3.05) is 0 Å². The predicted molar refractivity (Wildman–Crippen MR) is 55.8 cm³/mol. The van der Waals surface area contributed by atoms with Crippen LogP contribution in [0.3, 0.4) is 0 Å². The molecule has 0 aromatic carbocycles. The van der Waals surface area contributed by atoms with Crippen LogP contribution in [0, 0.1) is 10.8 Å². The summed E-state index contributed by atoms with van der Waals surface area (Å²) in [6.07, 6.45) is 0.0891. The largest absolute Gasteiger partial charge is 0.365 e. The minimum atomic E-state index is -1.02. The van der Waals surface area contributed by atoms with Gasteiger partial charge in [0.1, 0.15) is 0 Å². The van der Waals surface area contributed by atoms with E-state index in [1.54, 1.807) is 6.92 Å². The molecule has 1 aliphatic carbocycles. The Morgan fingerprint density at radius 3 is 2.07 bits per heavy atom. The first kappa shape index (κ1) is 10.2. The molecule has 1 aliphatic heterocycles. The average Bonchev–Trinajstić information content (AvgIpc) is 2.22. The summed E-state index contributed by atoms with van der Waals surface area (Å²) in [7, 11) is 0. The van der Waals surface area contributed by atoms with Gasteiger partial charge in [0.05, 0.1) is 11.5 Å². The third-order valence-corrected chi connectivity index (χ3v) is 5.28. The normalized spacial score (nSPS) is 57.2. The molecule has 0 aromatic heterocycles. The summed E-state index contributed by atoms with van der Waals surface area (Å²) in [5, 5.41) is 10.3. The fourth-order valence-corrected chi connectivity index (χ4v) is 3.59. The Labute approximate surface area is 86.0 Å². The summed E-state index contributed by atoms with van der Waals surface area (Å²) in [6, 6.07) is 0. The van der Waals surface area contributed by atoms with Crippen LogP contribution in [0.15, 0.2) is 11.1 Å². The molecular weight excluding hydrogens is 176 g/mol. The van der Waals surface area contributed by atoms with Crippen molar-refractivity contribution >= 4 is 0 Å². The number of ether oxygens (including phenoxy) is 1. The monoisotopic (exact) mass is 196 g/mol. The van der Waals surface area contributed by atoms with E-state index in [0.717, 1.165) is 0 Å². The van der Waals surface area contributed by atoms with Crippen LogP contribution in [-0.4, -0.2) is 17.0 Å². The fraction of sp³-hybridized carbons (Fsp3) is 0.833. The molecule has 1 N–H and O–H groups in total. The predicted octanol–water partition coefficient (Wildman–Crippen LogP) is 2.48. The highest BCUT2D eigenvalue weighted by molar-refractivity contribution is 5.46. The van der Waals surface area contributed by atoms with Crippen LogP contribution in [0.25, 0.3) is 0 Å². The maximum Gasteiger partial charge on any atom is 0.173 e. The van der Waals surface area contributed by atoms with Crippen molar-refractivity contribution < 1.29 is 9.84 Å². The van der Waals surface area contributed by atoms with Crippen molar-refractivity contribution in [1.29, 1.82) is 0 Å². The van der Waals surface area contributed by atoms with Crippen molar-refractivity contribution in [2.24, 2.45) is 10.8 Å². The third-order valence-electron chi connectivity index (χ3n) is 5.28. The first-order chi connectivity index (χ1) is 6.19. The van der Waals surface area contributed by atoms with Crippen molar-refractivity contribution in [1.82, 2.24) is 0 Å². The van der Waals surface area contributed by atoms with Gasteiger partial charge in [0.15, 0.2) is 5.79 Å². The second-order valence-corrected chi connectivity index (χ2v) is 5.32. The lowest BCUT2D eigenvalue weighted by Crippen LogP contribution is -2.56. The highest BCUT2D eigenvalue weighted by Crippen LogP contribution is 2.71. The Balaban J connectivity index is 2.62. The molecule has 2 rings (SSSR count). The second-order valence-electron chi connectivity index (χ2n) is 5.32. The topological polar surface area (TPSA) is 29.5 Å². The molecule has 1 heterocycles. The maximum absolute atomic E-state index is 10.3. The molecule has 0 aromatic rings. The van der Waals surface area contributed by atoms with E-state index < -0.39 is 5.79 Å². The van der Waals surface area contributed by atoms with E-state index in [0.29, 0.717) is 0 Å². The van der Waals surface area contributed by atoms with Crippen LogP contribution in [0.4, 0.5) is 0 Å². The highest BCUT2D eigenvalue weighted by Gasteiger charge is 2.72. The lowest BCUT2D eigenvalue weighted by atomic mass is 9.46. The average molecular weight is 196 g/mol. The molecule has 2 heteroatoms. The number of aliphatic hydroxyl groups is 1. The van der Waals surface area contributed by atoms with E-state index in [4.69, 9.17) is 4.74 Å². The zero-order valence-electron chi connectivity index (χ0n) is 9.93. The van der Waals surface area contributed by atoms with Crippen molar-refractivity contribution in [3.8, 4) is 0 Å². The quantitative estimate of drug-likeness (QED) is 0.603. The minimum Gasteiger partial charge on any atom is -0.365 e. The maximum atomic E-state index is 10.3. The van der Waals surface area contributed by atoms with Crippen LogP contribution in [-0.2, 0) is 4.74 Å². The molecule has 80 valence electrons. The Bertz CT molecular complexity index is 329. The van der Waals surface area contributed by atoms with Crippen LogP contribution >= 0.6 is 0 Å². The lowest BCUT2D eigenvalue weighted by molar-refractivity contribution is -0.215. The van der Waals surface area contributed by atoms with E-state index >= 15 is 0 Å². The Morgan fingerprint density at radius 1 is 1.14 bits per heavy atom. The molecule has 2 nitrogen and oxygen atoms in total. The van der Waals surface area contributed by atoms with Gasteiger partial charge in [0, 0.05) is 5.41 Å². The summed E-state index contributed by atoms with van der Waals surface area (Å²) >= 11 is 0. The van der Waals surface area contributed by atoms with Gasteiger partial charge in [-0.3, -0.25) is 0 Å². The van der Waals surface area contributed by atoms with E-state index in [9.17, 15) is 5.11 Å². The highest BCUT2D eigenvalue weighted by atomic mass is 16.6. The molecule has 0 radical (unpaired) electrons. The lowest BCUT2D eigenvalue weighted by Gasteiger charge is -2.56. The van der Waals surface area contributed by atoms with Crippen LogP contribution < -0.4 is 0 Å². The Morgan fingerprint density at radius 2 is 1.64 bits per heavy atom. The Kier molecular flexibility index (Phi) is 1.64. The van der Waals surface area contributed by atoms with Gasteiger partial charge >= 0.3 is 0 Å². The number of hydrogen-bond acceptors (Lipinski definition) is 2. The van der Waals surface area contributed by atoms with Crippen LogP contribution in [0.1, 0.15) is 41.5 Å². The third kappa shape index (κ3) is 0.664. The van der Waals surface area contributed by atoms with Gasteiger partial charge in [0.2, 0.25) is 0 Å². The van der Waals surface area contributed by atoms with E-state index in [1.165, 1.54) is 11.1 Å². The first-order valence-corrected chi connectivity index (χ1v) is 5.28. The van der Waals surface area contributed by atoms with Gasteiger partial charge in [0.25, 0.3) is 0 Å². The smallest absolute Gasteiger partial charge is 0.173 e. The SMILES string of the molecule is CC1=C(C)[C@@]2(C)[C@@H](C)O[C@](C)(O)[C@@]12C. The van der Waals surface area contributed by atoms with Gasteiger partial charge in [-0.25, -0.2) is 0 Å². The van der Waals surface area contributed by atoms with Crippen LogP contribution in [0.5, 0.6) is 0 Å². The summed E-state index contributed by atoms with van der Waals surface area (Å²) < 4.78 is 5.70. The molecule has 14 heavy (non-hydrogen) atoms. The summed E-state index contributed by atoms with van der Waals surface area (Å²) in [6.45, 7) is 12.4. The van der Waals surface area contributed by atoms with Crippen molar-refractivity contribution in [3.63, 3.8) is 0 Å². The summed E-state index contributed by atoms with van der Waals surface area (Å²) in [5.74, 6) is -1.02. The number of hydrogen-bond donors (Lipinski definition) is 1. The molecule has 0 unspecified atom stereocenters. The second kappa shape index (κ2) is 2.25. The molecule has 0 amide bonds. The molecule has 1 saturated heterocycles. The fourth-order valence-electron chi connectivity index (χ4n) is 3.59. The first-order valence-electron chi connectivity index (χ1n) is 5.28. The number of rotatable bonds is 0. The molecular formula is C12H20O2. The summed E-state index contributed by atoms with van der Waals surface area (Å²) in [4.78, 5) is 0. The van der Waals surface area contributed by atoms with E-state index in [1.807, 2.05) is 0 Å². The van der Waals surface area contributed by atoms with E-state index in [-0.39, 0.29) is 16.9 Å². The van der Waals surface area contributed by atoms with E-state index in [2.05, 4.69) is 34.6 Å². The number of fused-ring (bicyclic) bond motifs is 1. The molecule has 2 aliphatic rings. The van der Waals surface area contributed by atoms with Gasteiger partial charge in [-0.05, 0) is 34.6 Å². The molecule has 0 spiro atoms. The standard InChI is InChI=1S/C12H20O2/c1-7-8(2)11(5)10(7,4)9(3)14-12(11,6)13/h9,13H,1-6H3/t9-,10+,11+,12+/m1/s1. The van der Waals surface area contributed by atoms with Gasteiger partial charge in [-0.15, -0.1) is 0 Å². The molecule has 0 bridgehead atoms. The molecule has 0 saturated carbocycles. The van der Waals surface area contributed by atoms with Crippen molar-refractivity contribution in [2.45, 2.75) is 53.4 Å². The zero-order chi connectivity index (χ0) is 10.9. The zero-order valence-corrected chi connectivity index (χ0v) is 9.93. The van der Waals surface area contributed by atoms with Gasteiger partial charge < -0.3 is 9.84 Å². The van der Waals surface area contributed by atoms with Gasteiger partial charge in [-0.1, -0.05) is 18.1 Å². The summed E-state index contributed by atoms with van der Waals surface area (Å²) in [5.41, 5.74) is 2.45. The molecule has 4 atom stereocenters.